The van der Waals surface area contributed by atoms with Gasteiger partial charge in [0.1, 0.15) is 5.82 Å². The summed E-state index contributed by atoms with van der Waals surface area (Å²) in [5.41, 5.74) is 12.4. The highest BCUT2D eigenvalue weighted by Gasteiger charge is 2.26. The number of aromatic nitrogens is 5. The Labute approximate surface area is 156 Å². The summed E-state index contributed by atoms with van der Waals surface area (Å²) in [4.78, 5) is 12.1. The number of fused-ring (bicyclic) bond motifs is 1. The van der Waals surface area contributed by atoms with Gasteiger partial charge >= 0.3 is 0 Å². The van der Waals surface area contributed by atoms with Gasteiger partial charge in [-0.15, -0.1) is 0 Å². The molecule has 1 saturated carbocycles. The van der Waals surface area contributed by atoms with Crippen LogP contribution in [0.4, 0.5) is 11.8 Å². The minimum absolute atomic E-state index is 0.428. The maximum atomic E-state index is 6.17. The summed E-state index contributed by atoms with van der Waals surface area (Å²) in [6.07, 6.45) is 6.21. The van der Waals surface area contributed by atoms with Crippen molar-refractivity contribution in [2.75, 3.05) is 11.1 Å². The molecule has 0 radical (unpaired) electrons. The van der Waals surface area contributed by atoms with Crippen LogP contribution in [0.25, 0.3) is 22.2 Å². The number of nitrogens with two attached hydrogens (primary N) is 1. The Bertz CT molecular complexity index is 1120. The van der Waals surface area contributed by atoms with Gasteiger partial charge < -0.3 is 16.0 Å². The molecule has 136 valence electrons. The zero-order valence-electron chi connectivity index (χ0n) is 15.1. The predicted octanol–water partition coefficient (Wildman–Crippen LogP) is 3.73. The van der Waals surface area contributed by atoms with E-state index in [1.165, 1.54) is 35.0 Å². The normalized spacial score (nSPS) is 14.0. The van der Waals surface area contributed by atoms with Crippen LogP contribution in [-0.2, 0) is 6.54 Å². The summed E-state index contributed by atoms with van der Waals surface area (Å²) in [6.45, 7) is 2.73. The summed E-state index contributed by atoms with van der Waals surface area (Å²) in [7, 11) is 0. The number of H-pyrrole nitrogens is 2. The molecule has 1 fully saturated rings. The molecule has 4 aromatic rings. The number of aryl methyl sites for hydroxylation is 1. The van der Waals surface area contributed by atoms with E-state index >= 15 is 0 Å². The lowest BCUT2D eigenvalue weighted by molar-refractivity contribution is 0.966. The molecule has 1 aliphatic rings. The summed E-state index contributed by atoms with van der Waals surface area (Å²) < 4.78 is 0. The summed E-state index contributed by atoms with van der Waals surface area (Å²) in [5, 5.41) is 12.0. The molecular weight excluding hydrogens is 338 g/mol. The van der Waals surface area contributed by atoms with E-state index in [2.05, 4.69) is 55.6 Å². The second-order valence-electron chi connectivity index (χ2n) is 7.14. The van der Waals surface area contributed by atoms with Crippen LogP contribution in [0.5, 0.6) is 0 Å². The van der Waals surface area contributed by atoms with Gasteiger partial charge in [0, 0.05) is 41.5 Å². The summed E-state index contributed by atoms with van der Waals surface area (Å²) in [5.74, 6) is 1.56. The molecule has 5 N–H and O–H groups in total. The first-order chi connectivity index (χ1) is 13.2. The number of hydrogen-bond acceptors (Lipinski definition) is 5. The minimum atomic E-state index is 0.428. The first kappa shape index (κ1) is 15.9. The van der Waals surface area contributed by atoms with Crippen molar-refractivity contribution in [3.05, 3.63) is 53.5 Å². The first-order valence-electron chi connectivity index (χ1n) is 9.16. The molecule has 7 nitrogen and oxygen atoms in total. The minimum Gasteiger partial charge on any atom is -0.383 e. The largest absolute Gasteiger partial charge is 0.383 e. The Balaban J connectivity index is 1.36. The van der Waals surface area contributed by atoms with Gasteiger partial charge in [-0.25, -0.2) is 4.98 Å². The molecule has 3 aromatic heterocycles. The maximum absolute atomic E-state index is 6.17. The Kier molecular flexibility index (Phi) is 3.60. The van der Waals surface area contributed by atoms with Crippen molar-refractivity contribution in [1.29, 1.82) is 0 Å². The number of nitrogens with zero attached hydrogens (tertiary/aromatic N) is 3. The Morgan fingerprint density at radius 2 is 2.19 bits per heavy atom. The quantitative estimate of drug-likeness (QED) is 0.434. The van der Waals surface area contributed by atoms with Crippen LogP contribution in [0.3, 0.4) is 0 Å². The predicted molar refractivity (Wildman–Crippen MR) is 106 cm³/mol. The highest BCUT2D eigenvalue weighted by Crippen LogP contribution is 2.40. The lowest BCUT2D eigenvalue weighted by Gasteiger charge is -2.09. The number of hydrogen-bond donors (Lipinski definition) is 4. The number of benzene rings is 1. The third-order valence-corrected chi connectivity index (χ3v) is 5.14. The van der Waals surface area contributed by atoms with Gasteiger partial charge in [-0.05, 0) is 43.0 Å². The molecule has 0 unspecified atom stereocenters. The average molecular weight is 359 g/mol. The molecule has 3 heterocycles. The van der Waals surface area contributed by atoms with E-state index in [0.29, 0.717) is 24.2 Å². The van der Waals surface area contributed by atoms with Crippen LogP contribution < -0.4 is 11.1 Å². The van der Waals surface area contributed by atoms with E-state index in [9.17, 15) is 0 Å². The number of anilines is 2. The molecule has 0 bridgehead atoms. The average Bonchev–Trinajstić information content (AvgIpc) is 3.29. The maximum Gasteiger partial charge on any atom is 0.224 e. The SMILES string of the molecule is Cc1c[nH]c2cccc(CNc3ncc(-c4cc(C5CC5)[nH]n4)c(N)n3)c12. The van der Waals surface area contributed by atoms with E-state index in [4.69, 9.17) is 5.73 Å². The molecular formula is C20H21N7. The van der Waals surface area contributed by atoms with Crippen molar-refractivity contribution < 1.29 is 0 Å². The van der Waals surface area contributed by atoms with Crippen molar-refractivity contribution in [1.82, 2.24) is 25.1 Å². The fraction of sp³-hybridized carbons (Fsp3) is 0.250. The molecule has 0 aliphatic heterocycles. The molecule has 0 amide bonds. The highest BCUT2D eigenvalue weighted by molar-refractivity contribution is 5.86. The Morgan fingerprint density at radius 3 is 3.00 bits per heavy atom. The fourth-order valence-corrected chi connectivity index (χ4v) is 3.52. The summed E-state index contributed by atoms with van der Waals surface area (Å²) >= 11 is 0. The van der Waals surface area contributed by atoms with E-state index in [1.807, 2.05) is 12.3 Å². The second-order valence-corrected chi connectivity index (χ2v) is 7.14. The van der Waals surface area contributed by atoms with Gasteiger partial charge in [0.2, 0.25) is 5.95 Å². The third-order valence-electron chi connectivity index (χ3n) is 5.14. The number of aromatic amines is 2. The highest BCUT2D eigenvalue weighted by atomic mass is 15.1. The van der Waals surface area contributed by atoms with Crippen LogP contribution in [0, 0.1) is 6.92 Å². The van der Waals surface area contributed by atoms with Crippen LogP contribution in [0.1, 0.15) is 35.6 Å². The molecule has 1 aliphatic carbocycles. The van der Waals surface area contributed by atoms with Gasteiger partial charge in [0.15, 0.2) is 0 Å². The second kappa shape index (κ2) is 6.12. The van der Waals surface area contributed by atoms with Crippen molar-refractivity contribution in [3.8, 4) is 11.3 Å². The monoisotopic (exact) mass is 359 g/mol. The van der Waals surface area contributed by atoms with E-state index < -0.39 is 0 Å². The lowest BCUT2D eigenvalue weighted by Crippen LogP contribution is -2.06. The third kappa shape index (κ3) is 2.91. The van der Waals surface area contributed by atoms with Gasteiger partial charge in [-0.1, -0.05) is 12.1 Å². The Morgan fingerprint density at radius 1 is 1.30 bits per heavy atom. The van der Waals surface area contributed by atoms with Crippen LogP contribution in [0.2, 0.25) is 0 Å². The van der Waals surface area contributed by atoms with Gasteiger partial charge in [0.25, 0.3) is 0 Å². The number of rotatable bonds is 5. The summed E-state index contributed by atoms with van der Waals surface area (Å²) in [6, 6.07) is 8.28. The van der Waals surface area contributed by atoms with Gasteiger partial charge in [0.05, 0.1) is 11.3 Å². The zero-order valence-corrected chi connectivity index (χ0v) is 15.1. The fourth-order valence-electron chi connectivity index (χ4n) is 3.52. The molecule has 0 atom stereocenters. The standard InChI is InChI=1S/C20H21N7/c1-11-8-22-15-4-2-3-13(18(11)15)9-23-20-24-10-14(19(21)25-20)17-7-16(26-27-17)12-5-6-12/h2-4,7-8,10,12,22H,5-6,9H2,1H3,(H,26,27)(H3,21,23,24,25). The van der Waals surface area contributed by atoms with E-state index in [0.717, 1.165) is 16.8 Å². The van der Waals surface area contributed by atoms with Crippen molar-refractivity contribution in [2.24, 2.45) is 0 Å². The van der Waals surface area contributed by atoms with Gasteiger partial charge in [-0.3, -0.25) is 5.10 Å². The van der Waals surface area contributed by atoms with Crippen molar-refractivity contribution in [3.63, 3.8) is 0 Å². The van der Waals surface area contributed by atoms with Crippen LogP contribution in [0.15, 0.2) is 36.7 Å². The topological polar surface area (TPSA) is 108 Å². The Hall–Kier alpha value is -3.35. The molecule has 5 rings (SSSR count). The molecule has 27 heavy (non-hydrogen) atoms. The van der Waals surface area contributed by atoms with Crippen molar-refractivity contribution >= 4 is 22.7 Å². The molecule has 1 aromatic carbocycles. The lowest BCUT2D eigenvalue weighted by atomic mass is 10.1. The van der Waals surface area contributed by atoms with Gasteiger partial charge in [-0.2, -0.15) is 10.1 Å². The van der Waals surface area contributed by atoms with Crippen LogP contribution in [-0.4, -0.2) is 25.1 Å². The molecule has 7 heteroatoms. The smallest absolute Gasteiger partial charge is 0.224 e. The van der Waals surface area contributed by atoms with Crippen molar-refractivity contribution in [2.45, 2.75) is 32.2 Å². The molecule has 0 spiro atoms. The molecule has 0 saturated heterocycles. The first-order valence-corrected chi connectivity index (χ1v) is 9.16. The zero-order chi connectivity index (χ0) is 18.4. The van der Waals surface area contributed by atoms with E-state index in [-0.39, 0.29) is 0 Å². The van der Waals surface area contributed by atoms with Crippen LogP contribution >= 0.6 is 0 Å². The number of nitrogens with one attached hydrogen (secondary N) is 3. The van der Waals surface area contributed by atoms with E-state index in [1.54, 1.807) is 6.20 Å². The number of nitrogen functional groups attached to an aromatic ring is 1.